The van der Waals surface area contributed by atoms with E-state index in [1.54, 1.807) is 5.48 Å². The number of aromatic nitrogens is 4. The summed E-state index contributed by atoms with van der Waals surface area (Å²) in [5.41, 5.74) is 4.90. The Morgan fingerprint density at radius 2 is 1.94 bits per heavy atom. The van der Waals surface area contributed by atoms with Gasteiger partial charge in [-0.1, -0.05) is 31.0 Å². The highest BCUT2D eigenvalue weighted by molar-refractivity contribution is 5.85. The zero-order chi connectivity index (χ0) is 23.0. The number of benzene rings is 1. The number of ether oxygens (including phenoxy) is 1. The minimum Gasteiger partial charge on any atom is -0.392 e. The first-order valence-corrected chi connectivity index (χ1v) is 11.4. The van der Waals surface area contributed by atoms with Crippen molar-refractivity contribution in [2.45, 2.75) is 45.3 Å². The van der Waals surface area contributed by atoms with Crippen molar-refractivity contribution in [3.63, 3.8) is 0 Å². The summed E-state index contributed by atoms with van der Waals surface area (Å²) < 4.78 is 7.57. The number of carbonyl (C=O) groups is 1. The lowest BCUT2D eigenvalue weighted by molar-refractivity contribution is -0.129. The molecule has 0 unspecified atom stereocenters. The summed E-state index contributed by atoms with van der Waals surface area (Å²) in [5.74, 6) is 1.07. The number of aliphatic hydroxyl groups excluding tert-OH is 1. The molecule has 3 N–H and O–H groups in total. The van der Waals surface area contributed by atoms with E-state index in [1.807, 2.05) is 30.6 Å². The lowest BCUT2D eigenvalue weighted by Gasteiger charge is -2.28. The number of aryl methyl sites for hydroxylation is 1. The van der Waals surface area contributed by atoms with Crippen LogP contribution in [-0.2, 0) is 22.7 Å². The van der Waals surface area contributed by atoms with E-state index < -0.39 is 0 Å². The average Bonchev–Trinajstić information content (AvgIpc) is 3.28. The van der Waals surface area contributed by atoms with E-state index in [4.69, 9.17) is 19.9 Å². The van der Waals surface area contributed by atoms with Crippen LogP contribution >= 0.6 is 0 Å². The number of hydrogen-bond donors (Lipinski definition) is 3. The summed E-state index contributed by atoms with van der Waals surface area (Å²) in [6.07, 6.45) is 5.69. The fraction of sp³-hybridized carbons (Fsp3) is 0.478. The van der Waals surface area contributed by atoms with Crippen LogP contribution < -0.4 is 10.4 Å². The third-order valence-electron chi connectivity index (χ3n) is 5.80. The summed E-state index contributed by atoms with van der Waals surface area (Å²) in [6.45, 7) is 3.52. The molecule has 3 aromatic rings. The van der Waals surface area contributed by atoms with E-state index in [0.29, 0.717) is 25.5 Å². The molecule has 10 nitrogen and oxygen atoms in total. The lowest BCUT2D eigenvalue weighted by Crippen LogP contribution is -2.37. The number of anilines is 1. The van der Waals surface area contributed by atoms with Gasteiger partial charge in [-0.2, -0.15) is 0 Å². The molecule has 0 radical (unpaired) electrons. The van der Waals surface area contributed by atoms with Gasteiger partial charge < -0.3 is 19.3 Å². The molecule has 10 heteroatoms. The van der Waals surface area contributed by atoms with Crippen LogP contribution in [0.2, 0.25) is 0 Å². The Morgan fingerprint density at radius 1 is 1.12 bits per heavy atom. The highest BCUT2D eigenvalue weighted by atomic mass is 16.5. The molecule has 0 aliphatic carbocycles. The molecule has 3 heterocycles. The van der Waals surface area contributed by atoms with Crippen molar-refractivity contribution in [1.29, 1.82) is 0 Å². The van der Waals surface area contributed by atoms with Crippen molar-refractivity contribution in [2.75, 3.05) is 31.2 Å². The quantitative estimate of drug-likeness (QED) is 0.242. The number of carbonyl (C=O) groups excluding carboxylic acids is 1. The Labute approximate surface area is 192 Å². The first-order valence-electron chi connectivity index (χ1n) is 11.4. The molecule has 0 bridgehead atoms. The third kappa shape index (κ3) is 5.65. The number of nitrogens with zero attached hydrogens (tertiary/aromatic N) is 5. The second kappa shape index (κ2) is 11.2. The van der Waals surface area contributed by atoms with Crippen LogP contribution in [0.5, 0.6) is 0 Å². The fourth-order valence-electron chi connectivity index (χ4n) is 4.00. The fourth-order valence-corrected chi connectivity index (χ4v) is 4.00. The molecular weight excluding hydrogens is 424 g/mol. The van der Waals surface area contributed by atoms with E-state index in [0.717, 1.165) is 73.4 Å². The SMILES string of the molecule is O=C(CCCCCCn1cnc2c(N3CCOCC3)nc(-c3cccc(CO)c3)nc21)NO. The summed E-state index contributed by atoms with van der Waals surface area (Å²) >= 11 is 0. The molecule has 0 saturated carbocycles. The maximum atomic E-state index is 11.1. The Kier molecular flexibility index (Phi) is 7.82. The maximum Gasteiger partial charge on any atom is 0.243 e. The zero-order valence-corrected chi connectivity index (χ0v) is 18.6. The number of aliphatic hydroxyl groups is 1. The molecule has 1 aromatic carbocycles. The zero-order valence-electron chi connectivity index (χ0n) is 18.6. The largest absolute Gasteiger partial charge is 0.392 e. The van der Waals surface area contributed by atoms with Gasteiger partial charge in [-0.3, -0.25) is 10.0 Å². The van der Waals surface area contributed by atoms with Gasteiger partial charge in [0, 0.05) is 31.6 Å². The third-order valence-corrected chi connectivity index (χ3v) is 5.80. The maximum absolute atomic E-state index is 11.1. The molecular formula is C23H30N6O4. The van der Waals surface area contributed by atoms with Crippen LogP contribution in [-0.4, -0.2) is 62.0 Å². The highest BCUT2D eigenvalue weighted by Gasteiger charge is 2.21. The highest BCUT2D eigenvalue weighted by Crippen LogP contribution is 2.28. The van der Waals surface area contributed by atoms with Crippen molar-refractivity contribution < 1.29 is 19.8 Å². The number of nitrogens with one attached hydrogen (secondary N) is 1. The van der Waals surface area contributed by atoms with Crippen LogP contribution in [0, 0.1) is 0 Å². The first kappa shape index (κ1) is 23.1. The van der Waals surface area contributed by atoms with E-state index >= 15 is 0 Å². The Morgan fingerprint density at radius 3 is 2.73 bits per heavy atom. The Bertz CT molecular complexity index is 1080. The second-order valence-corrected chi connectivity index (χ2v) is 8.14. The summed E-state index contributed by atoms with van der Waals surface area (Å²) in [6, 6.07) is 7.64. The topological polar surface area (TPSA) is 126 Å². The van der Waals surface area contributed by atoms with Crippen LogP contribution in [0.15, 0.2) is 30.6 Å². The van der Waals surface area contributed by atoms with Gasteiger partial charge >= 0.3 is 0 Å². The molecule has 1 aliphatic heterocycles. The normalized spacial score (nSPS) is 14.1. The molecule has 4 rings (SSSR count). The molecule has 33 heavy (non-hydrogen) atoms. The monoisotopic (exact) mass is 454 g/mol. The van der Waals surface area contributed by atoms with Gasteiger partial charge in [-0.05, 0) is 24.5 Å². The van der Waals surface area contributed by atoms with Gasteiger partial charge in [0.25, 0.3) is 0 Å². The van der Waals surface area contributed by atoms with Crippen molar-refractivity contribution in [3.8, 4) is 11.4 Å². The Hall–Kier alpha value is -3.08. The molecule has 0 spiro atoms. The van der Waals surface area contributed by atoms with Crippen LogP contribution in [0.25, 0.3) is 22.6 Å². The predicted octanol–water partition coefficient (Wildman–Crippen LogP) is 2.28. The standard InChI is InChI=1S/C23H30N6O4/c30-15-17-6-5-7-18(14-17)21-25-22(28-10-12-33-13-11-28)20-23(26-21)29(16-24-20)9-4-2-1-3-8-19(31)27-32/h5-7,14,16,30,32H,1-4,8-13,15H2,(H,27,31). The van der Waals surface area contributed by atoms with Crippen molar-refractivity contribution >= 4 is 22.9 Å². The number of imidazole rings is 1. The average molecular weight is 455 g/mol. The van der Waals surface area contributed by atoms with Gasteiger partial charge in [-0.25, -0.2) is 20.4 Å². The predicted molar refractivity (Wildman–Crippen MR) is 123 cm³/mol. The molecule has 0 atom stereocenters. The number of hydroxylamine groups is 1. The van der Waals surface area contributed by atoms with Gasteiger partial charge in [-0.15, -0.1) is 0 Å². The number of amides is 1. The number of fused-ring (bicyclic) bond motifs is 1. The summed E-state index contributed by atoms with van der Waals surface area (Å²) in [5, 5.41) is 18.1. The van der Waals surface area contributed by atoms with Crippen molar-refractivity contribution in [3.05, 3.63) is 36.2 Å². The number of morpholine rings is 1. The van der Waals surface area contributed by atoms with E-state index in [2.05, 4.69) is 14.5 Å². The second-order valence-electron chi connectivity index (χ2n) is 8.14. The molecule has 1 amide bonds. The number of hydrogen-bond acceptors (Lipinski definition) is 8. The molecule has 1 fully saturated rings. The van der Waals surface area contributed by atoms with Gasteiger partial charge in [0.15, 0.2) is 22.8 Å². The van der Waals surface area contributed by atoms with Gasteiger partial charge in [0.2, 0.25) is 5.91 Å². The van der Waals surface area contributed by atoms with E-state index in [9.17, 15) is 9.90 Å². The van der Waals surface area contributed by atoms with Gasteiger partial charge in [0.1, 0.15) is 0 Å². The summed E-state index contributed by atoms with van der Waals surface area (Å²) in [4.78, 5) is 27.7. The Balaban J connectivity index is 1.57. The van der Waals surface area contributed by atoms with Gasteiger partial charge in [0.05, 0.1) is 26.1 Å². The molecule has 1 aliphatic rings. The minimum absolute atomic E-state index is 0.0374. The van der Waals surface area contributed by atoms with Crippen LogP contribution in [0.1, 0.15) is 37.7 Å². The van der Waals surface area contributed by atoms with Crippen LogP contribution in [0.3, 0.4) is 0 Å². The molecule has 176 valence electrons. The number of unbranched alkanes of at least 4 members (excludes halogenated alkanes) is 3. The van der Waals surface area contributed by atoms with Crippen LogP contribution in [0.4, 0.5) is 5.82 Å². The first-order chi connectivity index (χ1) is 16.2. The van der Waals surface area contributed by atoms with Crippen molar-refractivity contribution in [2.24, 2.45) is 0 Å². The van der Waals surface area contributed by atoms with Crippen molar-refractivity contribution in [1.82, 2.24) is 25.0 Å². The molecule has 1 saturated heterocycles. The lowest BCUT2D eigenvalue weighted by atomic mass is 10.1. The minimum atomic E-state index is -0.347. The smallest absolute Gasteiger partial charge is 0.243 e. The summed E-state index contributed by atoms with van der Waals surface area (Å²) in [7, 11) is 0. The van der Waals surface area contributed by atoms with E-state index in [-0.39, 0.29) is 12.5 Å². The number of rotatable bonds is 10. The molecule has 2 aromatic heterocycles. The van der Waals surface area contributed by atoms with E-state index in [1.165, 1.54) is 0 Å².